The van der Waals surface area contributed by atoms with Crippen LogP contribution in [0.2, 0.25) is 5.02 Å². The fraction of sp³-hybridized carbons (Fsp3) is 0.417. The van der Waals surface area contributed by atoms with E-state index in [0.717, 1.165) is 24.9 Å². The molecule has 2 rings (SSSR count). The van der Waals surface area contributed by atoms with Crippen LogP contribution in [0.5, 0.6) is 0 Å². The average Bonchev–Trinajstić information content (AvgIpc) is 2.64. The first-order chi connectivity index (χ1) is 8.08. The third-order valence-electron chi connectivity index (χ3n) is 3.16. The lowest BCUT2D eigenvalue weighted by Gasteiger charge is -2.19. The predicted octanol–water partition coefficient (Wildman–Crippen LogP) is 1.73. The van der Waals surface area contributed by atoms with Gasteiger partial charge in [-0.05, 0) is 37.5 Å². The lowest BCUT2D eigenvalue weighted by molar-refractivity contribution is 0.100. The Hall–Kier alpha value is -1.26. The van der Waals surface area contributed by atoms with Crippen molar-refractivity contribution in [3.8, 4) is 0 Å². The Morgan fingerprint density at radius 3 is 2.71 bits per heavy atom. The van der Waals surface area contributed by atoms with Gasteiger partial charge >= 0.3 is 0 Å². The van der Waals surface area contributed by atoms with Crippen LogP contribution in [0, 0.1) is 0 Å². The molecule has 1 amide bonds. The van der Waals surface area contributed by atoms with Crippen LogP contribution >= 0.6 is 11.6 Å². The zero-order valence-electron chi connectivity index (χ0n) is 9.45. The molecule has 5 N–H and O–H groups in total. The van der Waals surface area contributed by atoms with Gasteiger partial charge in [0.05, 0.1) is 10.6 Å². The topological polar surface area (TPSA) is 81.1 Å². The number of hydrogen-bond acceptors (Lipinski definition) is 3. The van der Waals surface area contributed by atoms with Gasteiger partial charge in [0, 0.05) is 17.8 Å². The summed E-state index contributed by atoms with van der Waals surface area (Å²) >= 11 is 5.97. The van der Waals surface area contributed by atoms with Gasteiger partial charge in [0.1, 0.15) is 0 Å². The highest BCUT2D eigenvalue weighted by Crippen LogP contribution is 2.25. The summed E-state index contributed by atoms with van der Waals surface area (Å²) in [4.78, 5) is 11.0. The number of nitrogens with one attached hydrogen (secondary N) is 1. The first-order valence-electron chi connectivity index (χ1n) is 5.69. The normalized spacial score (nSPS) is 23.6. The Bertz CT molecular complexity index is 436. The minimum atomic E-state index is -0.515. The van der Waals surface area contributed by atoms with Crippen LogP contribution in [0.1, 0.15) is 29.6 Å². The van der Waals surface area contributed by atoms with E-state index in [2.05, 4.69) is 5.32 Å². The third-order valence-corrected chi connectivity index (χ3v) is 3.47. The molecule has 0 aromatic heterocycles. The molecule has 2 unspecified atom stereocenters. The highest BCUT2D eigenvalue weighted by atomic mass is 35.5. The van der Waals surface area contributed by atoms with E-state index in [1.807, 2.05) is 0 Å². The molecule has 17 heavy (non-hydrogen) atoms. The minimum Gasteiger partial charge on any atom is -0.381 e. The maximum atomic E-state index is 11.0. The van der Waals surface area contributed by atoms with Crippen LogP contribution in [-0.2, 0) is 0 Å². The Kier molecular flexibility index (Phi) is 3.54. The number of carbonyl (C=O) groups is 1. The molecule has 4 nitrogen and oxygen atoms in total. The molecule has 0 saturated heterocycles. The van der Waals surface area contributed by atoms with Gasteiger partial charge in [0.25, 0.3) is 0 Å². The van der Waals surface area contributed by atoms with E-state index in [0.29, 0.717) is 10.6 Å². The van der Waals surface area contributed by atoms with Gasteiger partial charge in [-0.2, -0.15) is 0 Å². The molecule has 1 aliphatic carbocycles. The number of hydrogen-bond donors (Lipinski definition) is 3. The molecule has 1 aromatic carbocycles. The van der Waals surface area contributed by atoms with Crippen LogP contribution in [-0.4, -0.2) is 18.0 Å². The maximum Gasteiger partial charge on any atom is 0.250 e. The molecule has 92 valence electrons. The SMILES string of the molecule is NC(=O)c1ccc(NC2CCCC2N)cc1Cl. The fourth-order valence-electron chi connectivity index (χ4n) is 2.19. The van der Waals surface area contributed by atoms with E-state index >= 15 is 0 Å². The van der Waals surface area contributed by atoms with Gasteiger partial charge in [-0.1, -0.05) is 11.6 Å². The van der Waals surface area contributed by atoms with Crippen LogP contribution < -0.4 is 16.8 Å². The second kappa shape index (κ2) is 4.94. The van der Waals surface area contributed by atoms with Gasteiger partial charge in [-0.3, -0.25) is 4.79 Å². The maximum absolute atomic E-state index is 11.0. The van der Waals surface area contributed by atoms with Crippen molar-refractivity contribution in [2.45, 2.75) is 31.3 Å². The van der Waals surface area contributed by atoms with Crippen LogP contribution in [0.4, 0.5) is 5.69 Å². The predicted molar refractivity (Wildman–Crippen MR) is 69.2 cm³/mol. The van der Waals surface area contributed by atoms with Gasteiger partial charge in [0.2, 0.25) is 5.91 Å². The van der Waals surface area contributed by atoms with E-state index in [1.165, 1.54) is 0 Å². The third kappa shape index (κ3) is 2.70. The van der Waals surface area contributed by atoms with E-state index in [9.17, 15) is 4.79 Å². The average molecular weight is 254 g/mol. The van der Waals surface area contributed by atoms with Gasteiger partial charge in [-0.25, -0.2) is 0 Å². The molecule has 1 aromatic rings. The monoisotopic (exact) mass is 253 g/mol. The summed E-state index contributed by atoms with van der Waals surface area (Å²) in [6, 6.07) is 5.62. The Morgan fingerprint density at radius 1 is 1.41 bits per heavy atom. The Labute approximate surface area is 105 Å². The van der Waals surface area contributed by atoms with Crippen molar-refractivity contribution in [2.24, 2.45) is 11.5 Å². The van der Waals surface area contributed by atoms with Crippen molar-refractivity contribution in [2.75, 3.05) is 5.32 Å². The molecule has 1 aliphatic rings. The molecule has 1 fully saturated rings. The summed E-state index contributed by atoms with van der Waals surface area (Å²) in [6.45, 7) is 0. The molecule has 0 bridgehead atoms. The number of benzene rings is 1. The smallest absolute Gasteiger partial charge is 0.250 e. The van der Waals surface area contributed by atoms with E-state index < -0.39 is 5.91 Å². The molecular weight excluding hydrogens is 238 g/mol. The zero-order chi connectivity index (χ0) is 12.4. The van der Waals surface area contributed by atoms with Crippen molar-refractivity contribution in [3.05, 3.63) is 28.8 Å². The van der Waals surface area contributed by atoms with E-state index in [4.69, 9.17) is 23.1 Å². The largest absolute Gasteiger partial charge is 0.381 e. The number of carbonyl (C=O) groups excluding carboxylic acids is 1. The summed E-state index contributed by atoms with van der Waals surface area (Å²) in [5, 5.41) is 3.71. The quantitative estimate of drug-likeness (QED) is 0.767. The lowest BCUT2D eigenvalue weighted by atomic mass is 10.1. The van der Waals surface area contributed by atoms with E-state index in [1.54, 1.807) is 18.2 Å². The molecule has 0 aliphatic heterocycles. The number of primary amides is 1. The van der Waals surface area contributed by atoms with E-state index in [-0.39, 0.29) is 12.1 Å². The molecule has 0 spiro atoms. The zero-order valence-corrected chi connectivity index (χ0v) is 10.2. The molecule has 1 saturated carbocycles. The van der Waals surface area contributed by atoms with Crippen molar-refractivity contribution in [3.63, 3.8) is 0 Å². The van der Waals surface area contributed by atoms with Gasteiger partial charge in [-0.15, -0.1) is 0 Å². The summed E-state index contributed by atoms with van der Waals surface area (Å²) in [5.74, 6) is -0.515. The van der Waals surface area contributed by atoms with Crippen LogP contribution in [0.25, 0.3) is 0 Å². The summed E-state index contributed by atoms with van der Waals surface area (Å²) < 4.78 is 0. The second-order valence-electron chi connectivity index (χ2n) is 4.40. The van der Waals surface area contributed by atoms with Crippen molar-refractivity contribution in [1.82, 2.24) is 0 Å². The molecular formula is C12H16ClN3O. The van der Waals surface area contributed by atoms with Crippen molar-refractivity contribution < 1.29 is 4.79 Å². The highest BCUT2D eigenvalue weighted by Gasteiger charge is 2.23. The summed E-state index contributed by atoms with van der Waals surface area (Å²) in [6.07, 6.45) is 3.26. The number of nitrogens with two attached hydrogens (primary N) is 2. The van der Waals surface area contributed by atoms with Crippen LogP contribution in [0.15, 0.2) is 18.2 Å². The Balaban J connectivity index is 2.12. The molecule has 5 heteroatoms. The minimum absolute atomic E-state index is 0.185. The molecule has 0 heterocycles. The lowest BCUT2D eigenvalue weighted by Crippen LogP contribution is -2.35. The van der Waals surface area contributed by atoms with Crippen molar-refractivity contribution in [1.29, 1.82) is 0 Å². The number of rotatable bonds is 3. The van der Waals surface area contributed by atoms with Gasteiger partial charge in [0.15, 0.2) is 0 Å². The first-order valence-corrected chi connectivity index (χ1v) is 6.07. The van der Waals surface area contributed by atoms with Gasteiger partial charge < -0.3 is 16.8 Å². The standard InChI is InChI=1S/C12H16ClN3O/c13-9-6-7(4-5-8(9)12(15)17)16-11-3-1-2-10(11)14/h4-6,10-11,16H,1-3,14H2,(H2,15,17). The molecule has 2 atom stereocenters. The number of anilines is 1. The summed E-state index contributed by atoms with van der Waals surface area (Å²) in [7, 11) is 0. The second-order valence-corrected chi connectivity index (χ2v) is 4.81. The highest BCUT2D eigenvalue weighted by molar-refractivity contribution is 6.34. The fourth-order valence-corrected chi connectivity index (χ4v) is 2.46. The Morgan fingerprint density at radius 2 is 2.18 bits per heavy atom. The summed E-state index contributed by atoms with van der Waals surface area (Å²) in [5.41, 5.74) is 12.4. The number of halogens is 1. The first kappa shape index (κ1) is 12.2. The number of amides is 1. The van der Waals surface area contributed by atoms with Crippen LogP contribution in [0.3, 0.4) is 0 Å². The molecule has 0 radical (unpaired) electrons. The van der Waals surface area contributed by atoms with Crippen molar-refractivity contribution >= 4 is 23.2 Å².